The number of carbonyl (C=O) groups is 1. The third-order valence-corrected chi connectivity index (χ3v) is 6.56. The van der Waals surface area contributed by atoms with Gasteiger partial charge in [0.15, 0.2) is 0 Å². The number of hydrogen-bond donors (Lipinski definition) is 1. The van der Waals surface area contributed by atoms with E-state index >= 15 is 0 Å². The van der Waals surface area contributed by atoms with E-state index in [1.807, 2.05) is 39.0 Å². The van der Waals surface area contributed by atoms with Crippen molar-refractivity contribution in [1.29, 1.82) is 0 Å². The summed E-state index contributed by atoms with van der Waals surface area (Å²) >= 11 is 0. The summed E-state index contributed by atoms with van der Waals surface area (Å²) in [7, 11) is -3.62. The molecular weight excluding hydrogens is 408 g/mol. The number of carbonyl (C=O) groups excluding carboxylic acids is 1. The van der Waals surface area contributed by atoms with Crippen LogP contribution >= 0.6 is 0 Å². The van der Waals surface area contributed by atoms with Gasteiger partial charge in [-0.15, -0.1) is 0 Å². The number of aryl methyl sites for hydroxylation is 3. The molecule has 170 valence electrons. The summed E-state index contributed by atoms with van der Waals surface area (Å²) < 4.78 is 26.4. The van der Waals surface area contributed by atoms with E-state index in [1.54, 1.807) is 0 Å². The van der Waals surface area contributed by atoms with Gasteiger partial charge >= 0.3 is 0 Å². The van der Waals surface area contributed by atoms with Gasteiger partial charge in [-0.2, -0.15) is 0 Å². The highest BCUT2D eigenvalue weighted by Gasteiger charge is 2.31. The van der Waals surface area contributed by atoms with Crippen molar-refractivity contribution < 1.29 is 13.2 Å². The number of nitrogens with one attached hydrogen (secondary N) is 1. The Balaban J connectivity index is 2.04. The molecule has 2 aromatic carbocycles. The Kier molecular flexibility index (Phi) is 8.69. The molecule has 2 rings (SSSR count). The molecule has 2 aromatic rings. The fourth-order valence-electron chi connectivity index (χ4n) is 3.83. The molecule has 5 nitrogen and oxygen atoms in total. The van der Waals surface area contributed by atoms with Gasteiger partial charge in [0.1, 0.15) is 6.04 Å². The van der Waals surface area contributed by atoms with Crippen LogP contribution < -0.4 is 9.62 Å². The topological polar surface area (TPSA) is 66.5 Å². The first-order valence-electron chi connectivity index (χ1n) is 11.0. The molecule has 0 saturated carbocycles. The summed E-state index contributed by atoms with van der Waals surface area (Å²) in [6.45, 7) is 10.5. The van der Waals surface area contributed by atoms with Gasteiger partial charge in [0.05, 0.1) is 11.9 Å². The summed E-state index contributed by atoms with van der Waals surface area (Å²) in [4.78, 5) is 12.9. The fourth-order valence-corrected chi connectivity index (χ4v) is 5.02. The highest BCUT2D eigenvalue weighted by Crippen LogP contribution is 2.25. The van der Waals surface area contributed by atoms with E-state index in [9.17, 15) is 13.2 Å². The third-order valence-electron chi connectivity index (χ3n) is 5.38. The van der Waals surface area contributed by atoms with Crippen LogP contribution in [-0.4, -0.2) is 33.2 Å². The van der Waals surface area contributed by atoms with E-state index in [4.69, 9.17) is 0 Å². The minimum Gasteiger partial charge on any atom is -0.354 e. The molecule has 0 aliphatic heterocycles. The van der Waals surface area contributed by atoms with Gasteiger partial charge in [0.25, 0.3) is 0 Å². The van der Waals surface area contributed by atoms with E-state index in [0.717, 1.165) is 30.2 Å². The summed E-state index contributed by atoms with van der Waals surface area (Å²) in [5.74, 6) is 0.247. The van der Waals surface area contributed by atoms with Gasteiger partial charge in [0.2, 0.25) is 15.9 Å². The van der Waals surface area contributed by atoms with E-state index in [0.29, 0.717) is 24.6 Å². The first-order valence-corrected chi connectivity index (χ1v) is 12.8. The lowest BCUT2D eigenvalue weighted by Gasteiger charge is -2.30. The molecular formula is C25H36N2O3S. The van der Waals surface area contributed by atoms with Gasteiger partial charge in [-0.05, 0) is 73.4 Å². The minimum absolute atomic E-state index is 0.262. The standard InChI is InChI=1S/C25H36N2O3S/c1-7-24(27(31(6,29)30)23-16-19(4)15-20(5)17-23)25(28)26-14-8-9-21-10-12-22(13-11-21)18(2)3/h10-13,15-18,24H,7-9,14H2,1-6H3,(H,26,28). The van der Waals surface area contributed by atoms with Crippen LogP contribution in [0.15, 0.2) is 42.5 Å². The smallest absolute Gasteiger partial charge is 0.243 e. The molecule has 0 aromatic heterocycles. The summed E-state index contributed by atoms with van der Waals surface area (Å²) in [5.41, 5.74) is 5.01. The Morgan fingerprint density at radius 1 is 1.03 bits per heavy atom. The second-order valence-corrected chi connectivity index (χ2v) is 10.5. The molecule has 0 radical (unpaired) electrons. The molecule has 0 fully saturated rings. The predicted molar refractivity (Wildman–Crippen MR) is 129 cm³/mol. The highest BCUT2D eigenvalue weighted by molar-refractivity contribution is 7.92. The van der Waals surface area contributed by atoms with Crippen molar-refractivity contribution >= 4 is 21.6 Å². The monoisotopic (exact) mass is 444 g/mol. The van der Waals surface area contributed by atoms with Crippen molar-refractivity contribution in [3.63, 3.8) is 0 Å². The molecule has 0 saturated heterocycles. The molecule has 0 heterocycles. The van der Waals surface area contributed by atoms with Crippen molar-refractivity contribution in [2.75, 3.05) is 17.1 Å². The van der Waals surface area contributed by atoms with E-state index in [-0.39, 0.29) is 5.91 Å². The first-order chi connectivity index (χ1) is 14.5. The van der Waals surface area contributed by atoms with Crippen LogP contribution in [0.3, 0.4) is 0 Å². The zero-order chi connectivity index (χ0) is 23.2. The van der Waals surface area contributed by atoms with Crippen LogP contribution in [-0.2, 0) is 21.2 Å². The quantitative estimate of drug-likeness (QED) is 0.539. The molecule has 6 heteroatoms. The largest absolute Gasteiger partial charge is 0.354 e. The van der Waals surface area contributed by atoms with Crippen LogP contribution in [0.25, 0.3) is 0 Å². The Morgan fingerprint density at radius 2 is 1.61 bits per heavy atom. The van der Waals surface area contributed by atoms with Crippen molar-refractivity contribution in [2.45, 2.75) is 65.8 Å². The van der Waals surface area contributed by atoms with Crippen LogP contribution in [0.2, 0.25) is 0 Å². The second-order valence-electron chi connectivity index (χ2n) is 8.62. The number of benzene rings is 2. The normalized spacial score (nSPS) is 12.6. The fraction of sp³-hybridized carbons (Fsp3) is 0.480. The summed E-state index contributed by atoms with van der Waals surface area (Å²) in [6, 6.07) is 13.4. The van der Waals surface area contributed by atoms with Crippen molar-refractivity contribution in [3.05, 3.63) is 64.7 Å². The van der Waals surface area contributed by atoms with E-state index < -0.39 is 16.1 Å². The number of rotatable bonds is 10. The zero-order valence-electron chi connectivity index (χ0n) is 19.6. The number of amides is 1. The lowest BCUT2D eigenvalue weighted by atomic mass is 10.0. The SMILES string of the molecule is CCC(C(=O)NCCCc1ccc(C(C)C)cc1)N(c1cc(C)cc(C)c1)S(C)(=O)=O. The highest BCUT2D eigenvalue weighted by atomic mass is 32.2. The van der Waals surface area contributed by atoms with Crippen LogP contribution in [0, 0.1) is 13.8 Å². The Bertz CT molecular complexity index is 962. The lowest BCUT2D eigenvalue weighted by molar-refractivity contribution is -0.122. The lowest BCUT2D eigenvalue weighted by Crippen LogP contribution is -2.49. The second kappa shape index (κ2) is 10.8. The zero-order valence-corrected chi connectivity index (χ0v) is 20.4. The van der Waals surface area contributed by atoms with Gasteiger partial charge in [-0.1, -0.05) is 51.1 Å². The Morgan fingerprint density at radius 3 is 2.10 bits per heavy atom. The van der Waals surface area contributed by atoms with Gasteiger partial charge in [0, 0.05) is 6.54 Å². The third kappa shape index (κ3) is 7.10. The molecule has 31 heavy (non-hydrogen) atoms. The molecule has 0 aliphatic rings. The maximum Gasteiger partial charge on any atom is 0.243 e. The van der Waals surface area contributed by atoms with Crippen molar-refractivity contribution in [3.8, 4) is 0 Å². The average molecular weight is 445 g/mol. The molecule has 0 bridgehead atoms. The van der Waals surface area contributed by atoms with Crippen LogP contribution in [0.5, 0.6) is 0 Å². The minimum atomic E-state index is -3.62. The average Bonchev–Trinajstić information content (AvgIpc) is 2.67. The maximum atomic E-state index is 12.9. The number of anilines is 1. The van der Waals surface area contributed by atoms with Gasteiger partial charge in [-0.25, -0.2) is 8.42 Å². The van der Waals surface area contributed by atoms with E-state index in [2.05, 4.69) is 43.4 Å². The Hall–Kier alpha value is -2.34. The first kappa shape index (κ1) is 24.9. The van der Waals surface area contributed by atoms with Crippen molar-refractivity contribution in [1.82, 2.24) is 5.32 Å². The predicted octanol–water partition coefficient (Wildman–Crippen LogP) is 4.72. The number of hydrogen-bond acceptors (Lipinski definition) is 3. The summed E-state index contributed by atoms with van der Waals surface area (Å²) in [6.07, 6.45) is 3.21. The number of sulfonamides is 1. The van der Waals surface area contributed by atoms with Gasteiger partial charge in [-0.3, -0.25) is 9.10 Å². The van der Waals surface area contributed by atoms with Crippen LogP contribution in [0.1, 0.15) is 61.8 Å². The number of nitrogens with zero attached hydrogens (tertiary/aromatic N) is 1. The molecule has 1 amide bonds. The van der Waals surface area contributed by atoms with Crippen molar-refractivity contribution in [2.24, 2.45) is 0 Å². The maximum absolute atomic E-state index is 12.9. The molecule has 0 aliphatic carbocycles. The molecule has 1 N–H and O–H groups in total. The van der Waals surface area contributed by atoms with E-state index in [1.165, 1.54) is 15.4 Å². The molecule has 0 spiro atoms. The molecule has 1 unspecified atom stereocenters. The summed E-state index contributed by atoms with van der Waals surface area (Å²) in [5, 5.41) is 2.94. The van der Waals surface area contributed by atoms with Crippen LogP contribution in [0.4, 0.5) is 5.69 Å². The molecule has 1 atom stereocenters. The van der Waals surface area contributed by atoms with Gasteiger partial charge < -0.3 is 5.32 Å². The Labute approximate surface area is 187 Å².